The average molecular weight is 483 g/mol. The second kappa shape index (κ2) is 6.82. The number of cyclic esters (lactones) is 2. The molecule has 2 aliphatic heterocycles. The monoisotopic (exact) mass is 482 g/mol. The molecule has 35 heavy (non-hydrogen) atoms. The van der Waals surface area contributed by atoms with Crippen LogP contribution in [0.1, 0.15) is 92.9 Å². The number of carbonyl (C=O) groups excluding carboxylic acids is 2. The minimum atomic E-state index is -1.06. The predicted octanol–water partition coefficient (Wildman–Crippen LogP) is 5.51. The van der Waals surface area contributed by atoms with Crippen molar-refractivity contribution >= 4 is 11.9 Å². The van der Waals surface area contributed by atoms with Crippen LogP contribution < -0.4 is 0 Å². The fourth-order valence-corrected chi connectivity index (χ4v) is 10.7. The number of rotatable bonds is 2. The largest absolute Gasteiger partial charge is 0.456 e. The second-order valence-electron chi connectivity index (χ2n) is 14.1. The Morgan fingerprint density at radius 1 is 1.00 bits per heavy atom. The van der Waals surface area contributed by atoms with Crippen LogP contribution in [-0.2, 0) is 19.1 Å². The first kappa shape index (κ1) is 23.8. The van der Waals surface area contributed by atoms with Crippen molar-refractivity contribution in [2.24, 2.45) is 39.4 Å². The molecule has 0 bridgehead atoms. The number of aliphatic hydroxyl groups is 1. The van der Waals surface area contributed by atoms with Crippen molar-refractivity contribution in [3.8, 4) is 0 Å². The molecule has 0 unspecified atom stereocenters. The minimum Gasteiger partial charge on any atom is -0.456 e. The fraction of sp³-hybridized carbons (Fsp3) is 0.800. The van der Waals surface area contributed by atoms with E-state index in [1.54, 1.807) is 13.0 Å². The number of hydrogen-bond acceptors (Lipinski definition) is 5. The van der Waals surface area contributed by atoms with Crippen molar-refractivity contribution in [2.75, 3.05) is 0 Å². The van der Waals surface area contributed by atoms with Crippen molar-refractivity contribution < 1.29 is 24.2 Å². The normalized spacial score (nSPS) is 51.3. The van der Waals surface area contributed by atoms with Crippen molar-refractivity contribution in [3.05, 3.63) is 23.8 Å². The van der Waals surface area contributed by atoms with Gasteiger partial charge in [-0.1, -0.05) is 26.0 Å². The molecule has 0 amide bonds. The van der Waals surface area contributed by atoms with Gasteiger partial charge in [-0.2, -0.15) is 0 Å². The van der Waals surface area contributed by atoms with Gasteiger partial charge in [0.15, 0.2) is 0 Å². The van der Waals surface area contributed by atoms with Crippen LogP contribution in [0.4, 0.5) is 0 Å². The maximum Gasteiger partial charge on any atom is 0.333 e. The van der Waals surface area contributed by atoms with E-state index in [2.05, 4.69) is 33.8 Å². The van der Waals surface area contributed by atoms with Crippen LogP contribution in [0, 0.1) is 39.4 Å². The molecule has 0 radical (unpaired) electrons. The lowest BCUT2D eigenvalue weighted by molar-refractivity contribution is -0.195. The Labute approximate surface area is 209 Å². The number of allylic oxidation sites excluding steroid dienone is 1. The van der Waals surface area contributed by atoms with Gasteiger partial charge in [0, 0.05) is 29.4 Å². The highest BCUT2D eigenvalue weighted by Gasteiger charge is 2.82. The minimum absolute atomic E-state index is 0.0259. The molecule has 4 fully saturated rings. The summed E-state index contributed by atoms with van der Waals surface area (Å²) >= 11 is 0. The molecule has 6 aliphatic rings. The number of esters is 2. The predicted molar refractivity (Wildman–Crippen MR) is 132 cm³/mol. The lowest BCUT2D eigenvalue weighted by Crippen LogP contribution is -2.60. The van der Waals surface area contributed by atoms with E-state index in [0.29, 0.717) is 23.8 Å². The first-order valence-electron chi connectivity index (χ1n) is 13.8. The highest BCUT2D eigenvalue weighted by Crippen LogP contribution is 2.87. The summed E-state index contributed by atoms with van der Waals surface area (Å²) in [7, 11) is 0. The Morgan fingerprint density at radius 3 is 2.43 bits per heavy atom. The maximum absolute atomic E-state index is 12.4. The fourth-order valence-electron chi connectivity index (χ4n) is 10.7. The molecule has 0 aromatic carbocycles. The zero-order chi connectivity index (χ0) is 25.2. The summed E-state index contributed by atoms with van der Waals surface area (Å²) in [6.07, 6.45) is 13.6. The highest BCUT2D eigenvalue weighted by molar-refractivity contribution is 5.88. The van der Waals surface area contributed by atoms with Crippen molar-refractivity contribution in [1.82, 2.24) is 0 Å². The van der Waals surface area contributed by atoms with Crippen LogP contribution in [0.3, 0.4) is 0 Å². The van der Waals surface area contributed by atoms with Gasteiger partial charge in [-0.25, -0.2) is 9.59 Å². The number of fused-ring (bicyclic) bond motifs is 2. The lowest BCUT2D eigenvalue weighted by Gasteiger charge is -2.62. The van der Waals surface area contributed by atoms with Gasteiger partial charge >= 0.3 is 11.9 Å². The Morgan fingerprint density at radius 2 is 1.71 bits per heavy atom. The molecule has 2 spiro atoms. The third kappa shape index (κ3) is 2.74. The molecular weight excluding hydrogens is 440 g/mol. The van der Waals surface area contributed by atoms with Gasteiger partial charge in [0.25, 0.3) is 0 Å². The lowest BCUT2D eigenvalue weighted by atomic mass is 9.43. The molecule has 9 atom stereocenters. The molecule has 6 rings (SSSR count). The SMILES string of the molecule is CC1=CC[C@@H]([C@](C)(O)[C@H]2CC[C@@]3(C)[C@@H]4CC[C@H]5C(C)(C)OC(=O)C=C[C@@]56C[C@@]46CC[C@]23C)OC1=O. The van der Waals surface area contributed by atoms with E-state index in [0.717, 1.165) is 44.9 Å². The van der Waals surface area contributed by atoms with E-state index in [1.165, 1.54) is 0 Å². The standard InChI is InChI=1S/C30H42O5/c1-18-7-10-22(34-24(18)32)28(6,33)20-11-13-26(4)21-9-8-19-25(2,3)35-23(31)12-14-29(19)17-30(21,29)16-15-27(20,26)5/h7,12,14,19-22,33H,8-11,13,15-17H2,1-6H3/t19-,20-,21-,22-,26-,27+,28+,29+,30-/m0/s1. The summed E-state index contributed by atoms with van der Waals surface area (Å²) in [5.74, 6) is 0.509. The average Bonchev–Trinajstić information content (AvgIpc) is 3.38. The number of ether oxygens (including phenoxy) is 2. The third-order valence-electron chi connectivity index (χ3n) is 12.6. The van der Waals surface area contributed by atoms with E-state index in [4.69, 9.17) is 9.47 Å². The number of hydrogen-bond donors (Lipinski definition) is 1. The van der Waals surface area contributed by atoms with Gasteiger partial charge in [-0.05, 0) is 101 Å². The summed E-state index contributed by atoms with van der Waals surface area (Å²) in [4.78, 5) is 24.7. The van der Waals surface area contributed by atoms with Crippen molar-refractivity contribution in [2.45, 2.75) is 110 Å². The maximum atomic E-state index is 12.4. The van der Waals surface area contributed by atoms with Gasteiger partial charge in [0.2, 0.25) is 0 Å². The molecule has 5 heteroatoms. The first-order valence-corrected chi connectivity index (χ1v) is 13.8. The molecular formula is C30H42O5. The van der Waals surface area contributed by atoms with Crippen LogP contribution in [0.2, 0.25) is 0 Å². The zero-order valence-electron chi connectivity index (χ0n) is 22.3. The van der Waals surface area contributed by atoms with Crippen LogP contribution in [0.25, 0.3) is 0 Å². The summed E-state index contributed by atoms with van der Waals surface area (Å²) < 4.78 is 11.7. The molecule has 1 N–H and O–H groups in total. The van der Waals surface area contributed by atoms with Gasteiger partial charge < -0.3 is 14.6 Å². The Bertz CT molecular complexity index is 1050. The molecule has 4 aliphatic carbocycles. The Hall–Kier alpha value is -1.62. The van der Waals surface area contributed by atoms with E-state index < -0.39 is 17.3 Å². The zero-order valence-corrected chi connectivity index (χ0v) is 22.3. The Balaban J connectivity index is 1.34. The van der Waals surface area contributed by atoms with Gasteiger partial charge in [-0.15, -0.1) is 0 Å². The first-order chi connectivity index (χ1) is 16.2. The van der Waals surface area contributed by atoms with Crippen LogP contribution in [-0.4, -0.2) is 34.4 Å². The van der Waals surface area contributed by atoms with Crippen LogP contribution >= 0.6 is 0 Å². The topological polar surface area (TPSA) is 72.8 Å². The molecule has 192 valence electrons. The molecule has 5 nitrogen and oxygen atoms in total. The molecule has 4 saturated carbocycles. The van der Waals surface area contributed by atoms with E-state index in [-0.39, 0.29) is 39.5 Å². The smallest absolute Gasteiger partial charge is 0.333 e. The van der Waals surface area contributed by atoms with Gasteiger partial charge in [0.05, 0.1) is 0 Å². The Kier molecular flexibility index (Phi) is 4.63. The van der Waals surface area contributed by atoms with E-state index >= 15 is 0 Å². The summed E-state index contributed by atoms with van der Waals surface area (Å²) in [6, 6.07) is 0. The number of carbonyl (C=O) groups is 2. The van der Waals surface area contributed by atoms with E-state index in [1.807, 2.05) is 13.0 Å². The van der Waals surface area contributed by atoms with E-state index in [9.17, 15) is 14.7 Å². The van der Waals surface area contributed by atoms with Gasteiger partial charge in [0.1, 0.15) is 17.3 Å². The summed E-state index contributed by atoms with van der Waals surface area (Å²) in [5.41, 5.74) is -0.518. The quantitative estimate of drug-likeness (QED) is 0.526. The van der Waals surface area contributed by atoms with Gasteiger partial charge in [-0.3, -0.25) is 0 Å². The molecule has 2 heterocycles. The second-order valence-corrected chi connectivity index (χ2v) is 14.1. The molecule has 0 aromatic heterocycles. The molecule has 0 saturated heterocycles. The van der Waals surface area contributed by atoms with Crippen LogP contribution in [0.5, 0.6) is 0 Å². The van der Waals surface area contributed by atoms with Crippen LogP contribution in [0.15, 0.2) is 23.8 Å². The van der Waals surface area contributed by atoms with Crippen molar-refractivity contribution in [3.63, 3.8) is 0 Å². The summed E-state index contributed by atoms with van der Waals surface area (Å²) in [5, 5.41) is 12.0. The van der Waals surface area contributed by atoms with Crippen molar-refractivity contribution in [1.29, 1.82) is 0 Å². The molecule has 0 aromatic rings. The highest BCUT2D eigenvalue weighted by atomic mass is 16.6. The summed E-state index contributed by atoms with van der Waals surface area (Å²) in [6.45, 7) is 12.8. The third-order valence-corrected chi connectivity index (χ3v) is 12.6.